The van der Waals surface area contributed by atoms with Crippen molar-refractivity contribution in [3.8, 4) is 17.0 Å². The van der Waals surface area contributed by atoms with Crippen LogP contribution in [0, 0.1) is 0 Å². The van der Waals surface area contributed by atoms with Crippen molar-refractivity contribution in [2.75, 3.05) is 24.3 Å². The van der Waals surface area contributed by atoms with Crippen LogP contribution >= 0.6 is 11.6 Å². The van der Waals surface area contributed by atoms with Crippen LogP contribution in [0.5, 0.6) is 5.75 Å². The van der Waals surface area contributed by atoms with Crippen LogP contribution in [0.15, 0.2) is 48.5 Å². The maximum absolute atomic E-state index is 9.17. The van der Waals surface area contributed by atoms with E-state index in [0.717, 1.165) is 16.8 Å². The summed E-state index contributed by atoms with van der Waals surface area (Å²) in [6.45, 7) is 2.48. The van der Waals surface area contributed by atoms with Gasteiger partial charge < -0.3 is 20.5 Å². The van der Waals surface area contributed by atoms with Crippen LogP contribution in [-0.4, -0.2) is 28.7 Å². The van der Waals surface area contributed by atoms with E-state index in [0.29, 0.717) is 34.8 Å². The maximum Gasteiger partial charge on any atom is 0.224 e. The van der Waals surface area contributed by atoms with E-state index >= 15 is 0 Å². The lowest BCUT2D eigenvalue weighted by Crippen LogP contribution is -2.03. The molecule has 3 aromatic rings. The number of nitrogens with zero attached hydrogens (tertiary/aromatic N) is 2. The zero-order chi connectivity index (χ0) is 19.2. The number of rotatable bonds is 7. The van der Waals surface area contributed by atoms with Gasteiger partial charge in [-0.3, -0.25) is 0 Å². The third-order valence-electron chi connectivity index (χ3n) is 3.88. The Morgan fingerprint density at radius 1 is 1.07 bits per heavy atom. The van der Waals surface area contributed by atoms with Gasteiger partial charge in [0.25, 0.3) is 0 Å². The van der Waals surface area contributed by atoms with E-state index in [4.69, 9.17) is 21.4 Å². The molecule has 0 aliphatic carbocycles. The predicted molar refractivity (Wildman–Crippen MR) is 109 cm³/mol. The lowest BCUT2D eigenvalue weighted by Gasteiger charge is -2.13. The molecule has 0 saturated heterocycles. The number of anilines is 3. The van der Waals surface area contributed by atoms with Gasteiger partial charge in [0.2, 0.25) is 5.95 Å². The Kier molecular flexibility index (Phi) is 6.11. The van der Waals surface area contributed by atoms with E-state index in [1.165, 1.54) is 0 Å². The van der Waals surface area contributed by atoms with Crippen molar-refractivity contribution in [3.63, 3.8) is 0 Å². The smallest absolute Gasteiger partial charge is 0.224 e. The molecule has 1 aromatic heterocycles. The van der Waals surface area contributed by atoms with Gasteiger partial charge in [-0.25, -0.2) is 4.98 Å². The van der Waals surface area contributed by atoms with Crippen LogP contribution in [-0.2, 0) is 6.61 Å². The molecule has 0 spiro atoms. The molecule has 0 unspecified atom stereocenters. The Morgan fingerprint density at radius 3 is 2.52 bits per heavy atom. The third kappa shape index (κ3) is 4.67. The van der Waals surface area contributed by atoms with Crippen LogP contribution < -0.4 is 15.4 Å². The van der Waals surface area contributed by atoms with Gasteiger partial charge in [-0.05, 0) is 42.8 Å². The fourth-order valence-electron chi connectivity index (χ4n) is 2.59. The van der Waals surface area contributed by atoms with E-state index in [-0.39, 0.29) is 6.61 Å². The largest absolute Gasteiger partial charge is 0.493 e. The van der Waals surface area contributed by atoms with Gasteiger partial charge in [0.05, 0.1) is 18.9 Å². The molecular weight excluding hydrogens is 364 g/mol. The van der Waals surface area contributed by atoms with Crippen molar-refractivity contribution in [1.82, 2.24) is 9.97 Å². The quantitative estimate of drug-likeness (QED) is 0.557. The zero-order valence-electron chi connectivity index (χ0n) is 15.2. The van der Waals surface area contributed by atoms with Crippen molar-refractivity contribution < 1.29 is 9.84 Å². The van der Waals surface area contributed by atoms with Crippen LogP contribution in [0.1, 0.15) is 12.5 Å². The van der Waals surface area contributed by atoms with Crippen molar-refractivity contribution >= 4 is 29.1 Å². The summed E-state index contributed by atoms with van der Waals surface area (Å²) in [6.07, 6.45) is 0. The highest BCUT2D eigenvalue weighted by Crippen LogP contribution is 2.33. The summed E-state index contributed by atoms with van der Waals surface area (Å²) in [5.41, 5.74) is 3.19. The second-order valence-corrected chi connectivity index (χ2v) is 6.20. The lowest BCUT2D eigenvalue weighted by molar-refractivity contribution is 0.282. The predicted octanol–water partition coefficient (Wildman–Crippen LogP) is 4.47. The molecule has 0 saturated carbocycles. The Balaban J connectivity index is 1.99. The van der Waals surface area contributed by atoms with Crippen molar-refractivity contribution in [3.05, 3.63) is 59.1 Å². The summed E-state index contributed by atoms with van der Waals surface area (Å²) < 4.78 is 5.72. The number of benzene rings is 2. The standard InChI is InChI=1S/C20H21ClN4O2/c1-3-27-18-9-6-14(21)10-16(18)17-11-19(25-20(22-2)24-17)23-15-7-4-13(12-26)5-8-15/h4-11,26H,3,12H2,1-2H3,(H2,22,23,24,25). The van der Waals surface area contributed by atoms with Crippen molar-refractivity contribution in [2.45, 2.75) is 13.5 Å². The minimum atomic E-state index is 0.0107. The van der Waals surface area contributed by atoms with Gasteiger partial charge in [0.1, 0.15) is 11.6 Å². The number of aliphatic hydroxyl groups is 1. The molecule has 6 nitrogen and oxygen atoms in total. The van der Waals surface area contributed by atoms with Gasteiger partial charge in [0, 0.05) is 29.4 Å². The first-order chi connectivity index (χ1) is 13.1. The molecule has 3 N–H and O–H groups in total. The van der Waals surface area contributed by atoms with Gasteiger partial charge in [0.15, 0.2) is 0 Å². The maximum atomic E-state index is 9.17. The van der Waals surface area contributed by atoms with Gasteiger partial charge >= 0.3 is 0 Å². The molecule has 3 rings (SSSR count). The first-order valence-corrected chi connectivity index (χ1v) is 8.97. The molecule has 0 aliphatic heterocycles. The molecule has 0 bridgehead atoms. The first kappa shape index (κ1) is 18.9. The Bertz CT molecular complexity index is 916. The van der Waals surface area contributed by atoms with Crippen LogP contribution in [0.2, 0.25) is 5.02 Å². The molecule has 7 heteroatoms. The number of nitrogens with one attached hydrogen (secondary N) is 2. The van der Waals surface area contributed by atoms with Crippen LogP contribution in [0.3, 0.4) is 0 Å². The third-order valence-corrected chi connectivity index (χ3v) is 4.11. The summed E-state index contributed by atoms with van der Waals surface area (Å²) in [5.74, 6) is 1.81. The number of aliphatic hydroxyl groups excluding tert-OH is 1. The summed E-state index contributed by atoms with van der Waals surface area (Å²) in [5, 5.41) is 16.0. The zero-order valence-corrected chi connectivity index (χ0v) is 15.9. The minimum absolute atomic E-state index is 0.0107. The van der Waals surface area contributed by atoms with E-state index in [9.17, 15) is 0 Å². The number of halogens is 1. The summed E-state index contributed by atoms with van der Waals surface area (Å²) in [7, 11) is 1.76. The SMILES string of the molecule is CCOc1ccc(Cl)cc1-c1cc(Nc2ccc(CO)cc2)nc(NC)n1. The van der Waals surface area contributed by atoms with Gasteiger partial charge in [-0.1, -0.05) is 23.7 Å². The summed E-state index contributed by atoms with van der Waals surface area (Å²) >= 11 is 6.19. The van der Waals surface area contributed by atoms with Crippen molar-refractivity contribution in [1.29, 1.82) is 0 Å². The Labute approximate surface area is 163 Å². The highest BCUT2D eigenvalue weighted by atomic mass is 35.5. The van der Waals surface area contributed by atoms with E-state index in [1.807, 2.05) is 49.4 Å². The topological polar surface area (TPSA) is 79.3 Å². The Hall–Kier alpha value is -2.83. The molecule has 1 heterocycles. The van der Waals surface area contributed by atoms with Gasteiger partial charge in [-0.15, -0.1) is 0 Å². The Morgan fingerprint density at radius 2 is 1.85 bits per heavy atom. The molecule has 0 aliphatic rings. The molecular formula is C20H21ClN4O2. The second kappa shape index (κ2) is 8.70. The number of aromatic nitrogens is 2. The summed E-state index contributed by atoms with van der Waals surface area (Å²) in [6, 6.07) is 14.8. The molecule has 140 valence electrons. The van der Waals surface area contributed by atoms with E-state index in [1.54, 1.807) is 13.1 Å². The highest BCUT2D eigenvalue weighted by molar-refractivity contribution is 6.31. The highest BCUT2D eigenvalue weighted by Gasteiger charge is 2.12. The second-order valence-electron chi connectivity index (χ2n) is 5.77. The molecule has 27 heavy (non-hydrogen) atoms. The van der Waals surface area contributed by atoms with Crippen LogP contribution in [0.4, 0.5) is 17.5 Å². The average Bonchev–Trinajstić information content (AvgIpc) is 2.69. The number of ether oxygens (including phenoxy) is 1. The minimum Gasteiger partial charge on any atom is -0.493 e. The number of hydrogen-bond acceptors (Lipinski definition) is 6. The molecule has 0 amide bonds. The molecule has 2 aromatic carbocycles. The molecule has 0 radical (unpaired) electrons. The van der Waals surface area contributed by atoms with E-state index < -0.39 is 0 Å². The van der Waals surface area contributed by atoms with Gasteiger partial charge in [-0.2, -0.15) is 4.98 Å². The summed E-state index contributed by atoms with van der Waals surface area (Å²) in [4.78, 5) is 9.00. The monoisotopic (exact) mass is 384 g/mol. The fourth-order valence-corrected chi connectivity index (χ4v) is 2.76. The number of hydrogen-bond donors (Lipinski definition) is 3. The lowest BCUT2D eigenvalue weighted by atomic mass is 10.1. The first-order valence-electron chi connectivity index (χ1n) is 8.59. The normalized spacial score (nSPS) is 10.5. The molecule has 0 fully saturated rings. The average molecular weight is 385 g/mol. The van der Waals surface area contributed by atoms with E-state index in [2.05, 4.69) is 20.6 Å². The molecule has 0 atom stereocenters. The van der Waals surface area contributed by atoms with Crippen LogP contribution in [0.25, 0.3) is 11.3 Å². The van der Waals surface area contributed by atoms with Crippen molar-refractivity contribution in [2.24, 2.45) is 0 Å². The fraction of sp³-hybridized carbons (Fsp3) is 0.200.